The number of nitrogens with zero attached hydrogens (tertiary/aromatic N) is 3. The van der Waals surface area contributed by atoms with Gasteiger partial charge in [-0.1, -0.05) is 11.6 Å². The first-order chi connectivity index (χ1) is 14.6. The minimum absolute atomic E-state index is 0.0230. The number of nitrogen functional groups attached to an aromatic ring is 1. The van der Waals surface area contributed by atoms with Crippen LogP contribution in [0.15, 0.2) is 47.5 Å². The number of nitrogens with two attached hydrogens (primary N) is 1. The summed E-state index contributed by atoms with van der Waals surface area (Å²) in [4.78, 5) is 33.2. The van der Waals surface area contributed by atoms with Crippen molar-refractivity contribution in [3.63, 3.8) is 0 Å². The van der Waals surface area contributed by atoms with Gasteiger partial charge in [0.15, 0.2) is 0 Å². The summed E-state index contributed by atoms with van der Waals surface area (Å²) < 4.78 is 45.6. The van der Waals surface area contributed by atoms with E-state index in [1.54, 1.807) is 0 Å². The molecule has 3 heterocycles. The fourth-order valence-electron chi connectivity index (χ4n) is 3.30. The van der Waals surface area contributed by atoms with Crippen LogP contribution in [0.25, 0.3) is 27.5 Å². The van der Waals surface area contributed by atoms with E-state index in [1.165, 1.54) is 30.6 Å². The molecule has 0 saturated heterocycles. The van der Waals surface area contributed by atoms with Gasteiger partial charge in [-0.2, -0.15) is 13.2 Å². The number of benzene rings is 1. The SMILES string of the molecule is COC(=O)c1c(N)c2ccc(C(F)(F)F)nc2n(-c2ccc(Cl)c3cnccc23)c1=O. The van der Waals surface area contributed by atoms with Crippen LogP contribution < -0.4 is 11.3 Å². The largest absolute Gasteiger partial charge is 0.465 e. The lowest BCUT2D eigenvalue weighted by atomic mass is 10.1. The molecule has 0 unspecified atom stereocenters. The van der Waals surface area contributed by atoms with E-state index >= 15 is 0 Å². The lowest BCUT2D eigenvalue weighted by Crippen LogP contribution is -2.29. The van der Waals surface area contributed by atoms with Crippen LogP contribution in [0.2, 0.25) is 5.02 Å². The highest BCUT2D eigenvalue weighted by molar-refractivity contribution is 6.35. The van der Waals surface area contributed by atoms with Gasteiger partial charge in [-0.05, 0) is 30.3 Å². The van der Waals surface area contributed by atoms with Gasteiger partial charge in [0.2, 0.25) is 0 Å². The fraction of sp³-hybridized carbons (Fsp3) is 0.100. The number of esters is 1. The smallest absolute Gasteiger partial charge is 0.433 e. The number of anilines is 1. The maximum atomic E-state index is 13.3. The van der Waals surface area contributed by atoms with Crippen molar-refractivity contribution in [3.8, 4) is 5.69 Å². The first-order valence-electron chi connectivity index (χ1n) is 8.68. The van der Waals surface area contributed by atoms with Gasteiger partial charge in [0, 0.05) is 28.6 Å². The van der Waals surface area contributed by atoms with Gasteiger partial charge in [0.05, 0.1) is 23.5 Å². The Morgan fingerprint density at radius 2 is 1.87 bits per heavy atom. The zero-order valence-corrected chi connectivity index (χ0v) is 16.5. The number of rotatable bonds is 2. The molecule has 2 N–H and O–H groups in total. The third-order valence-corrected chi connectivity index (χ3v) is 5.06. The summed E-state index contributed by atoms with van der Waals surface area (Å²) in [7, 11) is 1.06. The Morgan fingerprint density at radius 1 is 1.13 bits per heavy atom. The zero-order valence-electron chi connectivity index (χ0n) is 15.7. The summed E-state index contributed by atoms with van der Waals surface area (Å²) in [6.45, 7) is 0. The number of ether oxygens (including phenoxy) is 1. The average molecular weight is 449 g/mol. The summed E-state index contributed by atoms with van der Waals surface area (Å²) in [5, 5.41) is 1.15. The fourth-order valence-corrected chi connectivity index (χ4v) is 3.52. The van der Waals surface area contributed by atoms with Crippen LogP contribution in [-0.2, 0) is 10.9 Å². The molecule has 4 aromatic rings. The standard InChI is InChI=1S/C20H12ClF3N4O3/c1-31-19(30)15-16(25)10-2-5-14(20(22,23)24)27-17(10)28(18(15)29)13-4-3-12(21)11-8-26-7-6-9(11)13/h2-8H,25H2,1H3. The van der Waals surface area contributed by atoms with Crippen molar-refractivity contribution in [1.82, 2.24) is 14.5 Å². The van der Waals surface area contributed by atoms with Crippen molar-refractivity contribution >= 4 is 45.1 Å². The van der Waals surface area contributed by atoms with Gasteiger partial charge in [0.1, 0.15) is 16.9 Å². The highest BCUT2D eigenvalue weighted by atomic mass is 35.5. The first-order valence-corrected chi connectivity index (χ1v) is 9.06. The second-order valence-electron chi connectivity index (χ2n) is 6.47. The number of methoxy groups -OCH3 is 1. The molecule has 0 amide bonds. The number of alkyl halides is 3. The number of hydrogen-bond acceptors (Lipinski definition) is 6. The molecule has 31 heavy (non-hydrogen) atoms. The molecule has 0 aliphatic carbocycles. The maximum absolute atomic E-state index is 13.3. The van der Waals surface area contributed by atoms with E-state index in [0.29, 0.717) is 15.8 Å². The van der Waals surface area contributed by atoms with Crippen LogP contribution in [0.1, 0.15) is 16.1 Å². The van der Waals surface area contributed by atoms with Gasteiger partial charge in [-0.25, -0.2) is 9.78 Å². The summed E-state index contributed by atoms with van der Waals surface area (Å²) in [5.41, 5.74) is 2.69. The van der Waals surface area contributed by atoms with Crippen molar-refractivity contribution in [1.29, 1.82) is 0 Å². The van der Waals surface area contributed by atoms with E-state index in [0.717, 1.165) is 23.8 Å². The van der Waals surface area contributed by atoms with Crippen molar-refractivity contribution in [3.05, 3.63) is 69.4 Å². The molecule has 3 aromatic heterocycles. The number of pyridine rings is 3. The van der Waals surface area contributed by atoms with E-state index in [4.69, 9.17) is 17.3 Å². The maximum Gasteiger partial charge on any atom is 0.433 e. The van der Waals surface area contributed by atoms with Crippen LogP contribution >= 0.6 is 11.6 Å². The Morgan fingerprint density at radius 3 is 2.55 bits per heavy atom. The summed E-state index contributed by atoms with van der Waals surface area (Å²) >= 11 is 6.20. The second kappa shape index (κ2) is 7.24. The molecule has 0 spiro atoms. The predicted molar refractivity (Wildman–Crippen MR) is 108 cm³/mol. The molecule has 0 aliphatic heterocycles. The molecule has 4 rings (SSSR count). The van der Waals surface area contributed by atoms with Crippen LogP contribution in [0, 0.1) is 0 Å². The minimum Gasteiger partial charge on any atom is -0.465 e. The molecule has 0 atom stereocenters. The number of carbonyl (C=O) groups excluding carboxylic acids is 1. The van der Waals surface area contributed by atoms with Gasteiger partial charge in [-0.3, -0.25) is 14.3 Å². The van der Waals surface area contributed by atoms with E-state index in [2.05, 4.69) is 14.7 Å². The van der Waals surface area contributed by atoms with Crippen molar-refractivity contribution in [2.75, 3.05) is 12.8 Å². The lowest BCUT2D eigenvalue weighted by molar-refractivity contribution is -0.141. The Bertz CT molecular complexity index is 1430. The molecule has 0 fully saturated rings. The van der Waals surface area contributed by atoms with E-state index in [1.807, 2.05) is 0 Å². The van der Waals surface area contributed by atoms with Gasteiger partial charge >= 0.3 is 12.1 Å². The van der Waals surface area contributed by atoms with Crippen LogP contribution in [0.5, 0.6) is 0 Å². The third-order valence-electron chi connectivity index (χ3n) is 4.73. The highest BCUT2D eigenvalue weighted by Gasteiger charge is 2.34. The molecular weight excluding hydrogens is 437 g/mol. The molecular formula is C20H12ClF3N4O3. The quantitative estimate of drug-likeness (QED) is 0.466. The number of fused-ring (bicyclic) bond motifs is 2. The lowest BCUT2D eigenvalue weighted by Gasteiger charge is -2.17. The van der Waals surface area contributed by atoms with Gasteiger partial charge < -0.3 is 10.5 Å². The van der Waals surface area contributed by atoms with Crippen molar-refractivity contribution in [2.24, 2.45) is 0 Å². The molecule has 0 radical (unpaired) electrons. The van der Waals surface area contributed by atoms with Crippen LogP contribution in [0.4, 0.5) is 18.9 Å². The Kier molecular flexibility index (Phi) is 4.81. The third kappa shape index (κ3) is 3.25. The number of halogens is 4. The Balaban J connectivity index is 2.24. The van der Waals surface area contributed by atoms with E-state index in [-0.39, 0.29) is 22.4 Å². The Labute approximate surface area is 176 Å². The number of aromatic nitrogens is 3. The molecule has 0 bridgehead atoms. The predicted octanol–water partition coefficient (Wildman–Crippen LogP) is 3.97. The van der Waals surface area contributed by atoms with Crippen LogP contribution in [-0.4, -0.2) is 27.6 Å². The summed E-state index contributed by atoms with van der Waals surface area (Å²) in [6, 6.07) is 6.21. The molecule has 11 heteroatoms. The normalized spacial score (nSPS) is 11.8. The number of carbonyl (C=O) groups is 1. The van der Waals surface area contributed by atoms with Crippen LogP contribution in [0.3, 0.4) is 0 Å². The summed E-state index contributed by atoms with van der Waals surface area (Å²) in [6.07, 6.45) is -1.89. The van der Waals surface area contributed by atoms with Crippen molar-refractivity contribution in [2.45, 2.75) is 6.18 Å². The summed E-state index contributed by atoms with van der Waals surface area (Å²) in [5.74, 6) is -1.03. The zero-order chi connectivity index (χ0) is 22.5. The molecule has 7 nitrogen and oxygen atoms in total. The minimum atomic E-state index is -4.77. The van der Waals surface area contributed by atoms with E-state index < -0.39 is 29.0 Å². The van der Waals surface area contributed by atoms with Gasteiger partial charge in [0.25, 0.3) is 5.56 Å². The topological polar surface area (TPSA) is 100 Å². The van der Waals surface area contributed by atoms with E-state index in [9.17, 15) is 22.8 Å². The highest BCUT2D eigenvalue weighted by Crippen LogP contribution is 2.33. The molecule has 0 aliphatic rings. The average Bonchev–Trinajstić information content (AvgIpc) is 2.74. The number of hydrogen-bond donors (Lipinski definition) is 1. The first kappa shape index (κ1) is 20.6. The van der Waals surface area contributed by atoms with Gasteiger partial charge in [-0.15, -0.1) is 0 Å². The van der Waals surface area contributed by atoms with Crippen molar-refractivity contribution < 1.29 is 22.7 Å². The molecule has 0 saturated carbocycles. The Hall–Kier alpha value is -3.66. The molecule has 158 valence electrons. The monoisotopic (exact) mass is 448 g/mol. The second-order valence-corrected chi connectivity index (χ2v) is 6.88. The molecule has 1 aromatic carbocycles.